The van der Waals surface area contributed by atoms with Crippen LogP contribution in [0.25, 0.3) is 0 Å². The Hall–Kier alpha value is -2.36. The lowest BCUT2D eigenvalue weighted by Gasteiger charge is -2.17. The quantitative estimate of drug-likeness (QED) is 0.936. The second-order valence-corrected chi connectivity index (χ2v) is 6.30. The molecule has 0 unspecified atom stereocenters. The zero-order chi connectivity index (χ0) is 16.4. The van der Waals surface area contributed by atoms with E-state index in [4.69, 9.17) is 0 Å². The number of rotatable bonds is 3. The molecular weight excluding hydrogens is 286 g/mol. The van der Waals surface area contributed by atoms with Crippen molar-refractivity contribution in [3.05, 3.63) is 52.7 Å². The summed E-state index contributed by atoms with van der Waals surface area (Å²) < 4.78 is 0. The molecule has 1 amide bonds. The summed E-state index contributed by atoms with van der Waals surface area (Å²) in [6.45, 7) is 8.14. The molecule has 0 atom stereocenters. The van der Waals surface area contributed by atoms with E-state index in [2.05, 4.69) is 34.3 Å². The van der Waals surface area contributed by atoms with Gasteiger partial charge in [0.2, 0.25) is 0 Å². The van der Waals surface area contributed by atoms with Gasteiger partial charge in [-0.05, 0) is 56.9 Å². The van der Waals surface area contributed by atoms with Crippen LogP contribution in [0.3, 0.4) is 0 Å². The Morgan fingerprint density at radius 1 is 1.09 bits per heavy atom. The standard InChI is InChI=1S/C19H23N3O/c1-13-11-14(2)18(15(3)12-13)21-19(23)16-7-6-8-17(20-16)22-9-4-5-10-22/h6-8,11-12H,4-5,9-10H2,1-3H3,(H,21,23). The summed E-state index contributed by atoms with van der Waals surface area (Å²) in [5.41, 5.74) is 4.70. The highest BCUT2D eigenvalue weighted by Crippen LogP contribution is 2.23. The molecule has 1 N–H and O–H groups in total. The van der Waals surface area contributed by atoms with Gasteiger partial charge in [-0.15, -0.1) is 0 Å². The van der Waals surface area contributed by atoms with Crippen LogP contribution in [0.4, 0.5) is 11.5 Å². The van der Waals surface area contributed by atoms with E-state index in [0.717, 1.165) is 35.7 Å². The zero-order valence-electron chi connectivity index (χ0n) is 14.0. The van der Waals surface area contributed by atoms with Crippen molar-refractivity contribution < 1.29 is 4.79 Å². The third kappa shape index (κ3) is 3.36. The zero-order valence-corrected chi connectivity index (χ0v) is 14.0. The predicted octanol–water partition coefficient (Wildman–Crippen LogP) is 3.86. The van der Waals surface area contributed by atoms with Crippen LogP contribution in [0.5, 0.6) is 0 Å². The van der Waals surface area contributed by atoms with Gasteiger partial charge in [0.15, 0.2) is 0 Å². The van der Waals surface area contributed by atoms with Crippen molar-refractivity contribution in [2.75, 3.05) is 23.3 Å². The number of aryl methyl sites for hydroxylation is 3. The first-order chi connectivity index (χ1) is 11.0. The number of hydrogen-bond acceptors (Lipinski definition) is 3. The Morgan fingerprint density at radius 3 is 2.39 bits per heavy atom. The van der Waals surface area contributed by atoms with Gasteiger partial charge in [-0.2, -0.15) is 0 Å². The SMILES string of the molecule is Cc1cc(C)c(NC(=O)c2cccc(N3CCCC3)n2)c(C)c1. The normalized spacial score (nSPS) is 14.1. The molecule has 0 bridgehead atoms. The molecule has 0 saturated carbocycles. The Morgan fingerprint density at radius 2 is 1.74 bits per heavy atom. The Bertz CT molecular complexity index is 710. The molecule has 1 saturated heterocycles. The molecule has 1 aliphatic rings. The molecule has 4 heteroatoms. The molecule has 2 heterocycles. The van der Waals surface area contributed by atoms with E-state index in [1.807, 2.05) is 26.0 Å². The molecule has 2 aromatic rings. The van der Waals surface area contributed by atoms with Gasteiger partial charge in [0, 0.05) is 18.8 Å². The van der Waals surface area contributed by atoms with Crippen LogP contribution in [-0.4, -0.2) is 24.0 Å². The first-order valence-corrected chi connectivity index (χ1v) is 8.16. The van der Waals surface area contributed by atoms with Crippen molar-refractivity contribution in [3.8, 4) is 0 Å². The van der Waals surface area contributed by atoms with E-state index in [-0.39, 0.29) is 5.91 Å². The second kappa shape index (κ2) is 6.41. The summed E-state index contributed by atoms with van der Waals surface area (Å²) in [4.78, 5) is 19.4. The lowest BCUT2D eigenvalue weighted by Crippen LogP contribution is -2.21. The number of carbonyl (C=O) groups is 1. The molecule has 4 nitrogen and oxygen atoms in total. The smallest absolute Gasteiger partial charge is 0.274 e. The highest BCUT2D eigenvalue weighted by atomic mass is 16.1. The summed E-state index contributed by atoms with van der Waals surface area (Å²) >= 11 is 0. The summed E-state index contributed by atoms with van der Waals surface area (Å²) in [5.74, 6) is 0.744. The third-order valence-electron chi connectivity index (χ3n) is 4.31. The van der Waals surface area contributed by atoms with Crippen LogP contribution in [0.15, 0.2) is 30.3 Å². The van der Waals surface area contributed by atoms with E-state index >= 15 is 0 Å². The molecule has 120 valence electrons. The average molecular weight is 309 g/mol. The van der Waals surface area contributed by atoms with E-state index < -0.39 is 0 Å². The molecule has 1 aliphatic heterocycles. The number of benzene rings is 1. The fraction of sp³-hybridized carbons (Fsp3) is 0.368. The van der Waals surface area contributed by atoms with Crippen LogP contribution in [-0.2, 0) is 0 Å². The Kier molecular flexibility index (Phi) is 4.33. The summed E-state index contributed by atoms with van der Waals surface area (Å²) in [5, 5.41) is 3.02. The fourth-order valence-corrected chi connectivity index (χ4v) is 3.23. The van der Waals surface area contributed by atoms with Gasteiger partial charge in [0.05, 0.1) is 0 Å². The summed E-state index contributed by atoms with van der Waals surface area (Å²) in [6, 6.07) is 9.82. The number of hydrogen-bond donors (Lipinski definition) is 1. The number of aromatic nitrogens is 1. The monoisotopic (exact) mass is 309 g/mol. The number of amides is 1. The van der Waals surface area contributed by atoms with Crippen LogP contribution >= 0.6 is 0 Å². The van der Waals surface area contributed by atoms with E-state index in [1.54, 1.807) is 6.07 Å². The van der Waals surface area contributed by atoms with Crippen LogP contribution in [0.2, 0.25) is 0 Å². The van der Waals surface area contributed by atoms with Crippen molar-refractivity contribution in [1.82, 2.24) is 4.98 Å². The van der Waals surface area contributed by atoms with Crippen LogP contribution < -0.4 is 10.2 Å². The topological polar surface area (TPSA) is 45.2 Å². The van der Waals surface area contributed by atoms with E-state index in [0.29, 0.717) is 5.69 Å². The lowest BCUT2D eigenvalue weighted by molar-refractivity contribution is 0.102. The molecule has 1 fully saturated rings. The Labute approximate surface area is 137 Å². The van der Waals surface area contributed by atoms with Gasteiger partial charge in [-0.25, -0.2) is 4.98 Å². The molecule has 0 spiro atoms. The number of nitrogens with one attached hydrogen (secondary N) is 1. The highest BCUT2D eigenvalue weighted by Gasteiger charge is 2.16. The minimum Gasteiger partial charge on any atom is -0.357 e. The number of anilines is 2. The van der Waals surface area contributed by atoms with Gasteiger partial charge in [0.25, 0.3) is 5.91 Å². The van der Waals surface area contributed by atoms with Crippen LogP contribution in [0.1, 0.15) is 40.0 Å². The molecule has 23 heavy (non-hydrogen) atoms. The van der Waals surface area contributed by atoms with Crippen molar-refractivity contribution >= 4 is 17.4 Å². The van der Waals surface area contributed by atoms with Gasteiger partial charge >= 0.3 is 0 Å². The van der Waals surface area contributed by atoms with Gasteiger partial charge < -0.3 is 10.2 Å². The van der Waals surface area contributed by atoms with E-state index in [9.17, 15) is 4.79 Å². The van der Waals surface area contributed by atoms with Crippen molar-refractivity contribution in [3.63, 3.8) is 0 Å². The molecule has 0 aliphatic carbocycles. The molecule has 0 radical (unpaired) electrons. The lowest BCUT2D eigenvalue weighted by atomic mass is 10.0. The maximum Gasteiger partial charge on any atom is 0.274 e. The third-order valence-corrected chi connectivity index (χ3v) is 4.31. The molecule has 1 aromatic carbocycles. The largest absolute Gasteiger partial charge is 0.357 e. The Balaban J connectivity index is 1.82. The van der Waals surface area contributed by atoms with Crippen LogP contribution in [0, 0.1) is 20.8 Å². The second-order valence-electron chi connectivity index (χ2n) is 6.30. The first kappa shape index (κ1) is 15.5. The van der Waals surface area contributed by atoms with Gasteiger partial charge in [0.1, 0.15) is 11.5 Å². The van der Waals surface area contributed by atoms with Crippen molar-refractivity contribution in [2.24, 2.45) is 0 Å². The minimum atomic E-state index is -0.152. The van der Waals surface area contributed by atoms with Crippen molar-refractivity contribution in [2.45, 2.75) is 33.6 Å². The number of nitrogens with zero attached hydrogens (tertiary/aromatic N) is 2. The highest BCUT2D eigenvalue weighted by molar-refractivity contribution is 6.04. The number of pyridine rings is 1. The minimum absolute atomic E-state index is 0.152. The molecular formula is C19H23N3O. The summed E-state index contributed by atoms with van der Waals surface area (Å²) in [7, 11) is 0. The number of carbonyl (C=O) groups excluding carboxylic acids is 1. The summed E-state index contributed by atoms with van der Waals surface area (Å²) in [6.07, 6.45) is 2.39. The van der Waals surface area contributed by atoms with Gasteiger partial charge in [-0.1, -0.05) is 23.8 Å². The fourth-order valence-electron chi connectivity index (χ4n) is 3.23. The average Bonchev–Trinajstić information content (AvgIpc) is 3.05. The van der Waals surface area contributed by atoms with Gasteiger partial charge in [-0.3, -0.25) is 4.79 Å². The maximum absolute atomic E-state index is 12.6. The maximum atomic E-state index is 12.6. The predicted molar refractivity (Wildman–Crippen MR) is 94.3 cm³/mol. The van der Waals surface area contributed by atoms with E-state index in [1.165, 1.54) is 18.4 Å². The first-order valence-electron chi connectivity index (χ1n) is 8.16. The van der Waals surface area contributed by atoms with Crippen molar-refractivity contribution in [1.29, 1.82) is 0 Å². The molecule has 1 aromatic heterocycles. The molecule has 3 rings (SSSR count).